The van der Waals surface area contributed by atoms with Gasteiger partial charge in [-0.1, -0.05) is 0 Å². The molecule has 0 atom stereocenters. The standard InChI is InChI=1S/C10H9FO2/c1-13-9-5-3-7(11)6-2-4-8(12)10(6)9/h3,5H,2,4H2,1H3. The zero-order valence-electron chi connectivity index (χ0n) is 7.26. The molecule has 0 aromatic heterocycles. The van der Waals surface area contributed by atoms with Gasteiger partial charge in [-0.3, -0.25) is 4.79 Å². The number of carbonyl (C=O) groups excluding carboxylic acids is 1. The normalized spacial score (nSPS) is 14.5. The summed E-state index contributed by atoms with van der Waals surface area (Å²) in [6.07, 6.45) is 0.893. The van der Waals surface area contributed by atoms with Gasteiger partial charge in [-0.25, -0.2) is 4.39 Å². The van der Waals surface area contributed by atoms with E-state index in [1.807, 2.05) is 0 Å². The minimum absolute atomic E-state index is 0.0219. The van der Waals surface area contributed by atoms with Crippen molar-refractivity contribution < 1.29 is 13.9 Å². The summed E-state index contributed by atoms with van der Waals surface area (Å²) < 4.78 is 18.2. The smallest absolute Gasteiger partial charge is 0.167 e. The fourth-order valence-corrected chi connectivity index (χ4v) is 1.68. The lowest BCUT2D eigenvalue weighted by atomic mass is 10.1. The molecule has 1 aliphatic rings. The number of carbonyl (C=O) groups is 1. The molecular weight excluding hydrogens is 171 g/mol. The summed E-state index contributed by atoms with van der Waals surface area (Å²) in [4.78, 5) is 11.4. The van der Waals surface area contributed by atoms with Gasteiger partial charge >= 0.3 is 0 Å². The molecule has 1 aromatic carbocycles. The van der Waals surface area contributed by atoms with Crippen molar-refractivity contribution in [1.29, 1.82) is 0 Å². The molecule has 0 saturated heterocycles. The van der Waals surface area contributed by atoms with E-state index in [4.69, 9.17) is 4.74 Å². The van der Waals surface area contributed by atoms with Gasteiger partial charge in [-0.15, -0.1) is 0 Å². The Labute approximate surface area is 75.3 Å². The van der Waals surface area contributed by atoms with E-state index in [-0.39, 0.29) is 11.6 Å². The maximum atomic E-state index is 13.2. The van der Waals surface area contributed by atoms with Gasteiger partial charge < -0.3 is 4.74 Å². The summed E-state index contributed by atoms with van der Waals surface area (Å²) in [7, 11) is 1.49. The Morgan fingerprint density at radius 2 is 2.15 bits per heavy atom. The second-order valence-electron chi connectivity index (χ2n) is 3.03. The fourth-order valence-electron chi connectivity index (χ4n) is 1.68. The summed E-state index contributed by atoms with van der Waals surface area (Å²) >= 11 is 0. The highest BCUT2D eigenvalue weighted by atomic mass is 19.1. The number of methoxy groups -OCH3 is 1. The Morgan fingerprint density at radius 1 is 1.38 bits per heavy atom. The molecule has 13 heavy (non-hydrogen) atoms. The van der Waals surface area contributed by atoms with Crippen molar-refractivity contribution in [3.8, 4) is 5.75 Å². The topological polar surface area (TPSA) is 26.3 Å². The van der Waals surface area contributed by atoms with Crippen LogP contribution >= 0.6 is 0 Å². The molecule has 0 unspecified atom stereocenters. The number of rotatable bonds is 1. The van der Waals surface area contributed by atoms with E-state index in [1.165, 1.54) is 19.2 Å². The molecule has 0 radical (unpaired) electrons. The van der Waals surface area contributed by atoms with Crippen LogP contribution in [0.2, 0.25) is 0 Å². The van der Waals surface area contributed by atoms with Crippen molar-refractivity contribution in [3.63, 3.8) is 0 Å². The number of benzene rings is 1. The Kier molecular flexibility index (Phi) is 1.79. The second kappa shape index (κ2) is 2.83. The van der Waals surface area contributed by atoms with Crippen molar-refractivity contribution in [2.45, 2.75) is 12.8 Å². The van der Waals surface area contributed by atoms with Gasteiger partial charge in [-0.05, 0) is 18.6 Å². The molecule has 3 heteroatoms. The summed E-state index contributed by atoms with van der Waals surface area (Å²) in [5.74, 6) is 0.159. The molecular formula is C10H9FO2. The van der Waals surface area contributed by atoms with Crippen LogP contribution in [0.1, 0.15) is 22.3 Å². The number of Topliss-reactive ketones (excluding diaryl/α,β-unsaturated/α-hetero) is 1. The van der Waals surface area contributed by atoms with Crippen LogP contribution in [0.15, 0.2) is 12.1 Å². The van der Waals surface area contributed by atoms with Gasteiger partial charge in [0.15, 0.2) is 5.78 Å². The van der Waals surface area contributed by atoms with Gasteiger partial charge in [0.2, 0.25) is 0 Å². The van der Waals surface area contributed by atoms with Crippen LogP contribution in [0.5, 0.6) is 5.75 Å². The number of fused-ring (bicyclic) bond motifs is 1. The van der Waals surface area contributed by atoms with E-state index >= 15 is 0 Å². The Morgan fingerprint density at radius 3 is 2.85 bits per heavy atom. The fraction of sp³-hybridized carbons (Fsp3) is 0.300. The number of hydrogen-bond donors (Lipinski definition) is 0. The van der Waals surface area contributed by atoms with Crippen molar-refractivity contribution in [1.82, 2.24) is 0 Å². The minimum atomic E-state index is -0.304. The number of halogens is 1. The van der Waals surface area contributed by atoms with Gasteiger partial charge in [0.25, 0.3) is 0 Å². The lowest BCUT2D eigenvalue weighted by molar-refractivity contribution is 0.0992. The Balaban J connectivity index is 2.66. The Bertz CT molecular complexity index is 371. The highest BCUT2D eigenvalue weighted by molar-refractivity contribution is 6.02. The van der Waals surface area contributed by atoms with E-state index in [0.29, 0.717) is 29.7 Å². The predicted octanol–water partition coefficient (Wildman–Crippen LogP) is 1.96. The SMILES string of the molecule is COc1ccc(F)c2c1C(=O)CC2. The first kappa shape index (κ1) is 8.23. The van der Waals surface area contributed by atoms with Gasteiger partial charge in [0.05, 0.1) is 12.7 Å². The molecule has 0 fully saturated rings. The first-order valence-electron chi connectivity index (χ1n) is 4.12. The van der Waals surface area contributed by atoms with E-state index in [9.17, 15) is 9.18 Å². The van der Waals surface area contributed by atoms with Crippen molar-refractivity contribution >= 4 is 5.78 Å². The third-order valence-electron chi connectivity index (χ3n) is 2.32. The highest BCUT2D eigenvalue weighted by Crippen LogP contribution is 2.32. The van der Waals surface area contributed by atoms with Crippen LogP contribution in [0.4, 0.5) is 4.39 Å². The molecule has 0 saturated carbocycles. The first-order valence-corrected chi connectivity index (χ1v) is 4.12. The summed E-state index contributed by atoms with van der Waals surface area (Å²) in [5, 5.41) is 0. The molecule has 2 nitrogen and oxygen atoms in total. The van der Waals surface area contributed by atoms with Crippen LogP contribution in [0, 0.1) is 5.82 Å². The average molecular weight is 180 g/mol. The summed E-state index contributed by atoms with van der Waals surface area (Å²) in [5.41, 5.74) is 0.937. The van der Waals surface area contributed by atoms with Crippen LogP contribution in [-0.2, 0) is 6.42 Å². The molecule has 0 heterocycles. The van der Waals surface area contributed by atoms with E-state index in [1.54, 1.807) is 0 Å². The Hall–Kier alpha value is -1.38. The number of ketones is 1. The number of hydrogen-bond acceptors (Lipinski definition) is 2. The molecule has 0 bridgehead atoms. The third-order valence-corrected chi connectivity index (χ3v) is 2.32. The van der Waals surface area contributed by atoms with Crippen molar-refractivity contribution in [3.05, 3.63) is 29.1 Å². The van der Waals surface area contributed by atoms with Gasteiger partial charge in [0, 0.05) is 12.0 Å². The maximum absolute atomic E-state index is 13.2. The van der Waals surface area contributed by atoms with Crippen LogP contribution < -0.4 is 4.74 Å². The lowest BCUT2D eigenvalue weighted by Crippen LogP contribution is -1.98. The maximum Gasteiger partial charge on any atom is 0.167 e. The summed E-state index contributed by atoms with van der Waals surface area (Å²) in [6.45, 7) is 0. The molecule has 1 aliphatic carbocycles. The zero-order valence-corrected chi connectivity index (χ0v) is 7.26. The van der Waals surface area contributed by atoms with E-state index < -0.39 is 0 Å². The average Bonchev–Trinajstić information content (AvgIpc) is 2.51. The predicted molar refractivity (Wildman–Crippen MR) is 45.6 cm³/mol. The van der Waals surface area contributed by atoms with Gasteiger partial charge in [0.1, 0.15) is 11.6 Å². The number of ether oxygens (including phenoxy) is 1. The van der Waals surface area contributed by atoms with E-state index in [2.05, 4.69) is 0 Å². The second-order valence-corrected chi connectivity index (χ2v) is 3.03. The van der Waals surface area contributed by atoms with E-state index in [0.717, 1.165) is 0 Å². The molecule has 0 amide bonds. The quantitative estimate of drug-likeness (QED) is 0.660. The highest BCUT2D eigenvalue weighted by Gasteiger charge is 2.26. The molecule has 0 spiro atoms. The lowest BCUT2D eigenvalue weighted by Gasteiger charge is -2.05. The molecule has 1 aromatic rings. The summed E-state index contributed by atoms with van der Waals surface area (Å²) in [6, 6.07) is 2.84. The zero-order chi connectivity index (χ0) is 9.42. The van der Waals surface area contributed by atoms with Crippen LogP contribution in [-0.4, -0.2) is 12.9 Å². The molecule has 2 rings (SSSR count). The molecule has 0 N–H and O–H groups in total. The third kappa shape index (κ3) is 1.11. The molecule has 68 valence electrons. The largest absolute Gasteiger partial charge is 0.496 e. The van der Waals surface area contributed by atoms with Crippen molar-refractivity contribution in [2.75, 3.05) is 7.11 Å². The molecule has 0 aliphatic heterocycles. The van der Waals surface area contributed by atoms with Crippen LogP contribution in [0.3, 0.4) is 0 Å². The van der Waals surface area contributed by atoms with Gasteiger partial charge in [-0.2, -0.15) is 0 Å². The minimum Gasteiger partial charge on any atom is -0.496 e. The first-order chi connectivity index (χ1) is 6.24. The van der Waals surface area contributed by atoms with Crippen LogP contribution in [0.25, 0.3) is 0 Å². The monoisotopic (exact) mass is 180 g/mol. The van der Waals surface area contributed by atoms with Crippen molar-refractivity contribution in [2.24, 2.45) is 0 Å².